The van der Waals surface area contributed by atoms with Crippen LogP contribution in [0.5, 0.6) is 0 Å². The number of nitrogens with one attached hydrogen (secondary N) is 2. The first-order valence-electron chi connectivity index (χ1n) is 6.92. The van der Waals surface area contributed by atoms with E-state index in [2.05, 4.69) is 15.6 Å². The molecule has 0 atom stereocenters. The molecule has 116 valence electrons. The molecule has 0 unspecified atom stereocenters. The number of hydrogen-bond donors (Lipinski definition) is 2. The topological polar surface area (TPSA) is 54.0 Å². The lowest BCUT2D eigenvalue weighted by Gasteiger charge is -2.11. The van der Waals surface area contributed by atoms with Crippen molar-refractivity contribution in [1.82, 2.24) is 4.98 Å². The molecule has 1 heterocycles. The molecule has 1 aromatic heterocycles. The molecule has 6 heteroatoms. The van der Waals surface area contributed by atoms with Gasteiger partial charge >= 0.3 is 6.03 Å². The number of rotatable bonds is 2. The molecule has 0 aliphatic rings. The summed E-state index contributed by atoms with van der Waals surface area (Å²) in [5, 5.41) is 5.79. The van der Waals surface area contributed by atoms with Gasteiger partial charge in [-0.3, -0.25) is 4.98 Å². The zero-order valence-corrected chi connectivity index (χ0v) is 12.2. The van der Waals surface area contributed by atoms with Gasteiger partial charge in [-0.15, -0.1) is 0 Å². The van der Waals surface area contributed by atoms with Gasteiger partial charge in [0.1, 0.15) is 11.6 Å². The normalized spacial score (nSPS) is 10.6. The largest absolute Gasteiger partial charge is 0.323 e. The molecule has 3 aromatic rings. The number of nitrogens with zero attached hydrogens (tertiary/aromatic N) is 1. The van der Waals surface area contributed by atoms with Crippen LogP contribution in [0.25, 0.3) is 10.9 Å². The van der Waals surface area contributed by atoms with Crippen LogP contribution in [0, 0.1) is 18.6 Å². The van der Waals surface area contributed by atoms with Crippen LogP contribution in [0.2, 0.25) is 0 Å². The third-order valence-corrected chi connectivity index (χ3v) is 3.27. The molecule has 0 fully saturated rings. The maximum absolute atomic E-state index is 13.6. The third-order valence-electron chi connectivity index (χ3n) is 3.27. The Bertz CT molecular complexity index is 896. The van der Waals surface area contributed by atoms with Crippen LogP contribution >= 0.6 is 0 Å². The predicted molar refractivity (Wildman–Crippen MR) is 85.5 cm³/mol. The van der Waals surface area contributed by atoms with Crippen LogP contribution in [0.1, 0.15) is 5.69 Å². The van der Waals surface area contributed by atoms with Crippen molar-refractivity contribution in [3.63, 3.8) is 0 Å². The number of aryl methyl sites for hydroxylation is 1. The standard InChI is InChI=1S/C17H13F2N3O/c1-10-8-16(12-4-2-3-5-14(12)20-10)22-17(23)21-15-7-6-11(18)9-13(15)19/h2-9H,1H3,(H2,20,21,22,23). The number of fused-ring (bicyclic) bond motifs is 1. The number of anilines is 2. The van der Waals surface area contributed by atoms with E-state index < -0.39 is 17.7 Å². The van der Waals surface area contributed by atoms with E-state index in [0.717, 1.165) is 22.7 Å². The van der Waals surface area contributed by atoms with Crippen LogP contribution in [0.4, 0.5) is 25.0 Å². The Hall–Kier alpha value is -3.02. The summed E-state index contributed by atoms with van der Waals surface area (Å²) in [7, 11) is 0. The predicted octanol–water partition coefficient (Wildman–Crippen LogP) is 4.47. The summed E-state index contributed by atoms with van der Waals surface area (Å²) in [4.78, 5) is 16.4. The van der Waals surface area contributed by atoms with E-state index in [1.807, 2.05) is 31.2 Å². The van der Waals surface area contributed by atoms with E-state index in [0.29, 0.717) is 11.8 Å². The summed E-state index contributed by atoms with van der Waals surface area (Å²) in [5.74, 6) is -1.54. The van der Waals surface area contributed by atoms with Crippen molar-refractivity contribution in [1.29, 1.82) is 0 Å². The average Bonchev–Trinajstić information content (AvgIpc) is 2.50. The maximum atomic E-state index is 13.6. The molecule has 2 amide bonds. The molecule has 4 nitrogen and oxygen atoms in total. The second-order valence-corrected chi connectivity index (χ2v) is 5.03. The summed E-state index contributed by atoms with van der Waals surface area (Å²) in [5.41, 5.74) is 1.95. The maximum Gasteiger partial charge on any atom is 0.323 e. The van der Waals surface area contributed by atoms with Gasteiger partial charge in [0.15, 0.2) is 0 Å². The molecule has 0 saturated heterocycles. The summed E-state index contributed by atoms with van der Waals surface area (Å²) >= 11 is 0. The van der Waals surface area contributed by atoms with Crippen LogP contribution in [0.15, 0.2) is 48.5 Å². The lowest BCUT2D eigenvalue weighted by Crippen LogP contribution is -2.20. The van der Waals surface area contributed by atoms with E-state index >= 15 is 0 Å². The summed E-state index contributed by atoms with van der Waals surface area (Å²) in [6.07, 6.45) is 0. The first-order valence-corrected chi connectivity index (χ1v) is 6.92. The quantitative estimate of drug-likeness (QED) is 0.733. The molecule has 3 rings (SSSR count). The Morgan fingerprint density at radius 3 is 2.52 bits per heavy atom. The van der Waals surface area contributed by atoms with Gasteiger partial charge in [0.05, 0.1) is 16.9 Å². The van der Waals surface area contributed by atoms with E-state index in [4.69, 9.17) is 0 Å². The second kappa shape index (κ2) is 6.00. The first kappa shape index (κ1) is 14.9. The number of urea groups is 1. The average molecular weight is 313 g/mol. The van der Waals surface area contributed by atoms with Gasteiger partial charge in [0.25, 0.3) is 0 Å². The fourth-order valence-electron chi connectivity index (χ4n) is 2.28. The molecule has 0 spiro atoms. The fraction of sp³-hybridized carbons (Fsp3) is 0.0588. The van der Waals surface area contributed by atoms with Crippen LogP contribution in [-0.4, -0.2) is 11.0 Å². The number of carbonyl (C=O) groups is 1. The number of halogens is 2. The number of carbonyl (C=O) groups excluding carboxylic acids is 1. The van der Waals surface area contributed by atoms with Crippen LogP contribution in [0.3, 0.4) is 0 Å². The Kier molecular flexibility index (Phi) is 3.89. The first-order chi connectivity index (χ1) is 11.0. The summed E-state index contributed by atoms with van der Waals surface area (Å²) in [6.45, 7) is 1.81. The highest BCUT2D eigenvalue weighted by molar-refractivity contribution is 6.05. The molecule has 2 N–H and O–H groups in total. The fourth-order valence-corrected chi connectivity index (χ4v) is 2.28. The number of benzene rings is 2. The van der Waals surface area contributed by atoms with Gasteiger partial charge in [-0.05, 0) is 31.2 Å². The number of pyridine rings is 1. The smallest absolute Gasteiger partial charge is 0.307 e. The zero-order valence-electron chi connectivity index (χ0n) is 12.2. The Labute approximate surface area is 131 Å². The molecule has 0 saturated carbocycles. The monoisotopic (exact) mass is 313 g/mol. The number of para-hydroxylation sites is 1. The van der Waals surface area contributed by atoms with Crippen LogP contribution in [-0.2, 0) is 0 Å². The van der Waals surface area contributed by atoms with Gasteiger partial charge in [0.2, 0.25) is 0 Å². The summed E-state index contributed by atoms with van der Waals surface area (Å²) < 4.78 is 26.4. The third kappa shape index (κ3) is 3.26. The van der Waals surface area contributed by atoms with E-state index in [-0.39, 0.29) is 5.69 Å². The molecule has 2 aromatic carbocycles. The molecular formula is C17H13F2N3O. The van der Waals surface area contributed by atoms with Crippen LogP contribution < -0.4 is 10.6 Å². The van der Waals surface area contributed by atoms with Crippen molar-refractivity contribution in [3.8, 4) is 0 Å². The van der Waals surface area contributed by atoms with Gasteiger partial charge in [0, 0.05) is 17.1 Å². The van der Waals surface area contributed by atoms with Gasteiger partial charge in [-0.25, -0.2) is 13.6 Å². The van der Waals surface area contributed by atoms with E-state index in [1.165, 1.54) is 6.07 Å². The van der Waals surface area contributed by atoms with Gasteiger partial charge < -0.3 is 10.6 Å². The molecular weight excluding hydrogens is 300 g/mol. The minimum absolute atomic E-state index is 0.0982. The number of amides is 2. The van der Waals surface area contributed by atoms with Crippen molar-refractivity contribution in [2.45, 2.75) is 6.92 Å². The zero-order chi connectivity index (χ0) is 16.4. The Balaban J connectivity index is 1.85. The lowest BCUT2D eigenvalue weighted by molar-refractivity contribution is 0.262. The molecule has 0 aliphatic carbocycles. The highest BCUT2D eigenvalue weighted by atomic mass is 19.1. The molecule has 0 aliphatic heterocycles. The number of aromatic nitrogens is 1. The van der Waals surface area contributed by atoms with Crippen molar-refractivity contribution in [2.75, 3.05) is 10.6 Å². The van der Waals surface area contributed by atoms with E-state index in [1.54, 1.807) is 6.07 Å². The van der Waals surface area contributed by atoms with E-state index in [9.17, 15) is 13.6 Å². The van der Waals surface area contributed by atoms with Crippen molar-refractivity contribution in [3.05, 3.63) is 65.9 Å². The Morgan fingerprint density at radius 1 is 1.00 bits per heavy atom. The van der Waals surface area contributed by atoms with Gasteiger partial charge in [-0.1, -0.05) is 18.2 Å². The number of hydrogen-bond acceptors (Lipinski definition) is 2. The summed E-state index contributed by atoms with van der Waals surface area (Å²) in [6, 6.07) is 11.4. The highest BCUT2D eigenvalue weighted by Gasteiger charge is 2.10. The van der Waals surface area contributed by atoms with Crippen molar-refractivity contribution in [2.24, 2.45) is 0 Å². The molecule has 0 bridgehead atoms. The lowest BCUT2D eigenvalue weighted by atomic mass is 10.1. The highest BCUT2D eigenvalue weighted by Crippen LogP contribution is 2.23. The SMILES string of the molecule is Cc1cc(NC(=O)Nc2ccc(F)cc2F)c2ccccc2n1. The van der Waals surface area contributed by atoms with Crippen molar-refractivity contribution < 1.29 is 13.6 Å². The Morgan fingerprint density at radius 2 is 1.74 bits per heavy atom. The molecule has 23 heavy (non-hydrogen) atoms. The second-order valence-electron chi connectivity index (χ2n) is 5.03. The van der Waals surface area contributed by atoms with Crippen molar-refractivity contribution >= 4 is 28.3 Å². The molecule has 0 radical (unpaired) electrons. The minimum atomic E-state index is -0.837. The minimum Gasteiger partial charge on any atom is -0.307 e. The van der Waals surface area contributed by atoms with Gasteiger partial charge in [-0.2, -0.15) is 0 Å².